The lowest BCUT2D eigenvalue weighted by Gasteiger charge is -2.21. The lowest BCUT2D eigenvalue weighted by atomic mass is 9.91. The van der Waals surface area contributed by atoms with Crippen LogP contribution in [0.4, 0.5) is 11.4 Å². The molecular formula is C22H26Cl2N2O. The highest BCUT2D eigenvalue weighted by Crippen LogP contribution is 2.40. The molecule has 144 valence electrons. The van der Waals surface area contributed by atoms with E-state index in [2.05, 4.69) is 41.4 Å². The smallest absolute Gasteiger partial charge is 0.221 e. The molecule has 2 aromatic carbocycles. The standard InChI is InChI=1S/C22H26Cl2N2O/c1-14(12-17-6-8-18(9-7-17)26-10-4-5-11-26)20-19(25-16(3)27)13-15(2)21(23)22(20)24/h6-9,13-14H,4-5,10-12H2,1-3H3,(H,25,27)/t14-/m0/s1. The third-order valence-corrected chi connectivity index (χ3v) is 6.16. The van der Waals surface area contributed by atoms with Crippen molar-refractivity contribution in [1.82, 2.24) is 0 Å². The average molecular weight is 405 g/mol. The normalized spacial score (nSPS) is 15.1. The second kappa shape index (κ2) is 8.53. The highest BCUT2D eigenvalue weighted by Gasteiger charge is 2.20. The molecule has 0 aromatic heterocycles. The van der Waals surface area contributed by atoms with E-state index in [0.717, 1.165) is 36.3 Å². The van der Waals surface area contributed by atoms with Crippen molar-refractivity contribution in [2.45, 2.75) is 46.0 Å². The van der Waals surface area contributed by atoms with E-state index in [1.54, 1.807) is 0 Å². The summed E-state index contributed by atoms with van der Waals surface area (Å²) in [5.74, 6) is 0.00583. The Labute approximate surface area is 171 Å². The molecule has 1 aliphatic rings. The summed E-state index contributed by atoms with van der Waals surface area (Å²) in [5, 5.41) is 3.99. The molecule has 27 heavy (non-hydrogen) atoms. The third-order valence-electron chi connectivity index (χ3n) is 5.18. The predicted octanol–water partition coefficient (Wildman–Crippen LogP) is 6.21. The van der Waals surface area contributed by atoms with Gasteiger partial charge in [-0.3, -0.25) is 4.79 Å². The van der Waals surface area contributed by atoms with Crippen LogP contribution in [0.15, 0.2) is 30.3 Å². The van der Waals surface area contributed by atoms with E-state index >= 15 is 0 Å². The van der Waals surface area contributed by atoms with Crippen molar-refractivity contribution in [3.8, 4) is 0 Å². The van der Waals surface area contributed by atoms with Gasteiger partial charge in [0.25, 0.3) is 0 Å². The fourth-order valence-electron chi connectivity index (χ4n) is 3.82. The molecule has 1 aliphatic heterocycles. The summed E-state index contributed by atoms with van der Waals surface area (Å²) < 4.78 is 0. The first-order valence-corrected chi connectivity index (χ1v) is 10.2. The maximum absolute atomic E-state index is 11.6. The molecule has 0 spiro atoms. The van der Waals surface area contributed by atoms with Crippen LogP contribution in [0.3, 0.4) is 0 Å². The number of carbonyl (C=O) groups is 1. The largest absolute Gasteiger partial charge is 0.372 e. The van der Waals surface area contributed by atoms with Gasteiger partial charge in [-0.2, -0.15) is 0 Å². The van der Waals surface area contributed by atoms with Crippen LogP contribution >= 0.6 is 23.2 Å². The van der Waals surface area contributed by atoms with Crippen LogP contribution in [-0.4, -0.2) is 19.0 Å². The monoisotopic (exact) mass is 404 g/mol. The van der Waals surface area contributed by atoms with E-state index in [-0.39, 0.29) is 11.8 Å². The van der Waals surface area contributed by atoms with E-state index in [1.165, 1.54) is 31.0 Å². The minimum Gasteiger partial charge on any atom is -0.372 e. The van der Waals surface area contributed by atoms with Crippen LogP contribution in [0.1, 0.15) is 49.3 Å². The van der Waals surface area contributed by atoms with E-state index in [0.29, 0.717) is 10.0 Å². The SMILES string of the molecule is CC(=O)Nc1cc(C)c(Cl)c(Cl)c1[C@@H](C)Cc1ccc(N2CCCC2)cc1. The van der Waals surface area contributed by atoms with Crippen molar-refractivity contribution in [1.29, 1.82) is 0 Å². The average Bonchev–Trinajstić information content (AvgIpc) is 3.14. The fourth-order valence-corrected chi connectivity index (χ4v) is 4.41. The van der Waals surface area contributed by atoms with Crippen molar-refractivity contribution in [3.63, 3.8) is 0 Å². The summed E-state index contributed by atoms with van der Waals surface area (Å²) in [6.45, 7) is 7.81. The van der Waals surface area contributed by atoms with Gasteiger partial charge in [0.05, 0.1) is 10.0 Å². The predicted molar refractivity (Wildman–Crippen MR) is 116 cm³/mol. The number of benzene rings is 2. The summed E-state index contributed by atoms with van der Waals surface area (Å²) in [6.07, 6.45) is 3.38. The summed E-state index contributed by atoms with van der Waals surface area (Å²) in [4.78, 5) is 14.1. The Morgan fingerprint density at radius 3 is 2.37 bits per heavy atom. The zero-order chi connectivity index (χ0) is 19.6. The van der Waals surface area contributed by atoms with Crippen LogP contribution in [0.5, 0.6) is 0 Å². The summed E-state index contributed by atoms with van der Waals surface area (Å²) in [5.41, 5.74) is 5.03. The van der Waals surface area contributed by atoms with E-state index in [9.17, 15) is 4.79 Å². The molecule has 1 heterocycles. The number of anilines is 2. The number of hydrogen-bond acceptors (Lipinski definition) is 2. The number of rotatable bonds is 5. The molecule has 0 unspecified atom stereocenters. The molecule has 0 bridgehead atoms. The first-order valence-electron chi connectivity index (χ1n) is 9.46. The molecule has 3 nitrogen and oxygen atoms in total. The Hall–Kier alpha value is -1.71. The molecule has 0 aliphatic carbocycles. The van der Waals surface area contributed by atoms with Gasteiger partial charge in [0, 0.05) is 31.4 Å². The van der Waals surface area contributed by atoms with Gasteiger partial charge in [0.15, 0.2) is 0 Å². The highest BCUT2D eigenvalue weighted by molar-refractivity contribution is 6.43. The number of carbonyl (C=O) groups excluding carboxylic acids is 1. The van der Waals surface area contributed by atoms with Crippen LogP contribution in [0.2, 0.25) is 10.0 Å². The van der Waals surface area contributed by atoms with Crippen molar-refractivity contribution in [3.05, 3.63) is 57.1 Å². The minimum absolute atomic E-state index is 0.115. The molecule has 1 amide bonds. The van der Waals surface area contributed by atoms with Gasteiger partial charge in [0.2, 0.25) is 5.91 Å². The van der Waals surface area contributed by atoms with Crippen LogP contribution in [0, 0.1) is 6.92 Å². The maximum Gasteiger partial charge on any atom is 0.221 e. The second-order valence-corrected chi connectivity index (χ2v) is 8.19. The molecule has 1 N–H and O–H groups in total. The van der Waals surface area contributed by atoms with Crippen LogP contribution < -0.4 is 10.2 Å². The molecule has 5 heteroatoms. The van der Waals surface area contributed by atoms with Crippen molar-refractivity contribution in [2.24, 2.45) is 0 Å². The number of hydrogen-bond donors (Lipinski definition) is 1. The van der Waals surface area contributed by atoms with Gasteiger partial charge in [-0.15, -0.1) is 0 Å². The third kappa shape index (κ3) is 4.59. The molecule has 2 aromatic rings. The Morgan fingerprint density at radius 1 is 1.15 bits per heavy atom. The van der Waals surface area contributed by atoms with Crippen molar-refractivity contribution >= 4 is 40.5 Å². The minimum atomic E-state index is -0.115. The van der Waals surface area contributed by atoms with E-state index in [1.807, 2.05) is 13.0 Å². The topological polar surface area (TPSA) is 32.3 Å². The Bertz CT molecular complexity index is 827. The van der Waals surface area contributed by atoms with Crippen molar-refractivity contribution < 1.29 is 4.79 Å². The van der Waals surface area contributed by atoms with Gasteiger partial charge in [-0.25, -0.2) is 0 Å². The summed E-state index contributed by atoms with van der Waals surface area (Å²) in [6, 6.07) is 10.7. The van der Waals surface area contributed by atoms with Gasteiger partial charge in [-0.05, 0) is 67.0 Å². The molecule has 1 saturated heterocycles. The quantitative estimate of drug-likeness (QED) is 0.642. The Morgan fingerprint density at radius 2 is 1.78 bits per heavy atom. The number of halogens is 2. The van der Waals surface area contributed by atoms with E-state index < -0.39 is 0 Å². The molecule has 1 fully saturated rings. The summed E-state index contributed by atoms with van der Waals surface area (Å²) >= 11 is 13.0. The second-order valence-electron chi connectivity index (χ2n) is 7.43. The fraction of sp³-hybridized carbons (Fsp3) is 0.409. The maximum atomic E-state index is 11.6. The molecule has 3 rings (SSSR count). The molecular weight excluding hydrogens is 379 g/mol. The molecule has 1 atom stereocenters. The zero-order valence-corrected chi connectivity index (χ0v) is 17.6. The number of amides is 1. The lowest BCUT2D eigenvalue weighted by Crippen LogP contribution is -2.17. The van der Waals surface area contributed by atoms with Gasteiger partial charge >= 0.3 is 0 Å². The molecule has 0 saturated carbocycles. The van der Waals surface area contributed by atoms with Gasteiger partial charge < -0.3 is 10.2 Å². The molecule has 0 radical (unpaired) electrons. The lowest BCUT2D eigenvalue weighted by molar-refractivity contribution is -0.114. The van der Waals surface area contributed by atoms with Crippen LogP contribution in [0.25, 0.3) is 0 Å². The number of aryl methyl sites for hydroxylation is 1. The van der Waals surface area contributed by atoms with Crippen molar-refractivity contribution in [2.75, 3.05) is 23.3 Å². The highest BCUT2D eigenvalue weighted by atomic mass is 35.5. The number of nitrogens with one attached hydrogen (secondary N) is 1. The zero-order valence-electron chi connectivity index (χ0n) is 16.1. The van der Waals surface area contributed by atoms with E-state index in [4.69, 9.17) is 23.2 Å². The van der Waals surface area contributed by atoms with Gasteiger partial charge in [0.1, 0.15) is 0 Å². The summed E-state index contributed by atoms with van der Waals surface area (Å²) in [7, 11) is 0. The number of nitrogens with zero attached hydrogens (tertiary/aromatic N) is 1. The Kier molecular flexibility index (Phi) is 6.33. The van der Waals surface area contributed by atoms with Crippen LogP contribution in [-0.2, 0) is 11.2 Å². The van der Waals surface area contributed by atoms with Gasteiger partial charge in [-0.1, -0.05) is 42.3 Å². The first-order chi connectivity index (χ1) is 12.9. The Balaban J connectivity index is 1.83. The first kappa shape index (κ1) is 20.0.